The molecular formula is C13H19N3O2. The molecule has 3 rings (SSSR count). The van der Waals surface area contributed by atoms with Gasteiger partial charge < -0.3 is 20.4 Å². The van der Waals surface area contributed by atoms with Crippen LogP contribution in [0.2, 0.25) is 0 Å². The number of rotatable bonds is 4. The van der Waals surface area contributed by atoms with Crippen LogP contribution < -0.4 is 11.1 Å². The summed E-state index contributed by atoms with van der Waals surface area (Å²) in [7, 11) is 1.71. The standard InChI is InChI=1S/C13H19N3O2/c1-18-11-5-9(6-11)15-13(17)12-4-8(14)7-16(12)10-2-3-10/h4,7,9-11H,2-3,5-6,14H2,1H3,(H,15,17). The second-order valence-electron chi connectivity index (χ2n) is 5.30. The first-order chi connectivity index (χ1) is 8.67. The van der Waals surface area contributed by atoms with Crippen LogP contribution in [0.3, 0.4) is 0 Å². The van der Waals surface area contributed by atoms with E-state index in [4.69, 9.17) is 10.5 Å². The predicted molar refractivity (Wildman–Crippen MR) is 68.4 cm³/mol. The van der Waals surface area contributed by atoms with Gasteiger partial charge in [0.1, 0.15) is 5.69 Å². The Morgan fingerprint density at radius 1 is 1.50 bits per heavy atom. The SMILES string of the molecule is COC1CC(NC(=O)c2cc(N)cn2C2CC2)C1. The molecule has 0 radical (unpaired) electrons. The molecule has 1 heterocycles. The van der Waals surface area contributed by atoms with E-state index in [1.54, 1.807) is 13.2 Å². The molecule has 1 aromatic heterocycles. The van der Waals surface area contributed by atoms with E-state index in [0.717, 1.165) is 25.7 Å². The number of hydrogen-bond acceptors (Lipinski definition) is 3. The second kappa shape index (κ2) is 4.31. The summed E-state index contributed by atoms with van der Waals surface area (Å²) in [6, 6.07) is 2.47. The van der Waals surface area contributed by atoms with Crippen LogP contribution in [0, 0.1) is 0 Å². The largest absolute Gasteiger partial charge is 0.397 e. The molecule has 0 aliphatic heterocycles. The van der Waals surface area contributed by atoms with Crippen LogP contribution in [0.25, 0.3) is 0 Å². The van der Waals surface area contributed by atoms with Crippen LogP contribution in [-0.4, -0.2) is 29.7 Å². The Hall–Kier alpha value is -1.49. The number of hydrogen-bond donors (Lipinski definition) is 2. The van der Waals surface area contributed by atoms with Crippen LogP contribution in [-0.2, 0) is 4.74 Å². The van der Waals surface area contributed by atoms with Crippen molar-refractivity contribution in [2.75, 3.05) is 12.8 Å². The predicted octanol–water partition coefficient (Wildman–Crippen LogP) is 1.31. The van der Waals surface area contributed by atoms with Gasteiger partial charge in [-0.15, -0.1) is 0 Å². The minimum absolute atomic E-state index is 0.0156. The number of carbonyl (C=O) groups excluding carboxylic acids is 1. The number of methoxy groups -OCH3 is 1. The molecule has 2 saturated carbocycles. The van der Waals surface area contributed by atoms with E-state index in [-0.39, 0.29) is 11.9 Å². The maximum Gasteiger partial charge on any atom is 0.268 e. The number of anilines is 1. The Balaban J connectivity index is 1.65. The molecule has 0 atom stereocenters. The van der Waals surface area contributed by atoms with Crippen LogP contribution >= 0.6 is 0 Å². The molecule has 2 aliphatic carbocycles. The van der Waals surface area contributed by atoms with Gasteiger partial charge in [0.25, 0.3) is 5.91 Å². The zero-order chi connectivity index (χ0) is 12.7. The van der Waals surface area contributed by atoms with E-state index in [2.05, 4.69) is 5.32 Å². The summed E-state index contributed by atoms with van der Waals surface area (Å²) < 4.78 is 7.21. The lowest BCUT2D eigenvalue weighted by atomic mass is 9.89. The minimum Gasteiger partial charge on any atom is -0.397 e. The lowest BCUT2D eigenvalue weighted by Crippen LogP contribution is -2.47. The first kappa shape index (κ1) is 11.6. The van der Waals surface area contributed by atoms with Gasteiger partial charge in [-0.25, -0.2) is 0 Å². The molecule has 3 N–H and O–H groups in total. The Bertz CT molecular complexity index is 459. The fourth-order valence-corrected chi connectivity index (χ4v) is 2.47. The van der Waals surface area contributed by atoms with Crippen LogP contribution in [0.15, 0.2) is 12.3 Å². The number of nitrogens with one attached hydrogen (secondary N) is 1. The zero-order valence-corrected chi connectivity index (χ0v) is 10.6. The van der Waals surface area contributed by atoms with Crippen molar-refractivity contribution in [3.63, 3.8) is 0 Å². The molecule has 0 unspecified atom stereocenters. The van der Waals surface area contributed by atoms with Gasteiger partial charge in [0, 0.05) is 25.4 Å². The third kappa shape index (κ3) is 2.10. The first-order valence-corrected chi connectivity index (χ1v) is 6.48. The normalized spacial score (nSPS) is 26.7. The lowest BCUT2D eigenvalue weighted by molar-refractivity contribution is 0.0175. The molecule has 0 aromatic carbocycles. The molecule has 2 fully saturated rings. The lowest BCUT2D eigenvalue weighted by Gasteiger charge is -2.34. The number of ether oxygens (including phenoxy) is 1. The third-order valence-electron chi connectivity index (χ3n) is 3.81. The highest BCUT2D eigenvalue weighted by atomic mass is 16.5. The van der Waals surface area contributed by atoms with Crippen LogP contribution in [0.4, 0.5) is 5.69 Å². The molecular weight excluding hydrogens is 230 g/mol. The molecule has 2 aliphatic rings. The number of amides is 1. The Morgan fingerprint density at radius 3 is 2.83 bits per heavy atom. The maximum atomic E-state index is 12.2. The van der Waals surface area contributed by atoms with Crippen molar-refractivity contribution in [3.05, 3.63) is 18.0 Å². The highest BCUT2D eigenvalue weighted by Crippen LogP contribution is 2.37. The van der Waals surface area contributed by atoms with Gasteiger partial charge in [-0.05, 0) is 31.7 Å². The van der Waals surface area contributed by atoms with Gasteiger partial charge in [0.15, 0.2) is 0 Å². The number of aromatic nitrogens is 1. The molecule has 1 amide bonds. The molecule has 0 saturated heterocycles. The summed E-state index contributed by atoms with van der Waals surface area (Å²) >= 11 is 0. The van der Waals surface area contributed by atoms with Crippen molar-refractivity contribution >= 4 is 11.6 Å². The average Bonchev–Trinajstić information content (AvgIpc) is 3.06. The number of carbonyl (C=O) groups is 1. The van der Waals surface area contributed by atoms with E-state index < -0.39 is 0 Å². The number of nitrogens with zero attached hydrogens (tertiary/aromatic N) is 1. The third-order valence-corrected chi connectivity index (χ3v) is 3.81. The van der Waals surface area contributed by atoms with Gasteiger partial charge in [0.2, 0.25) is 0 Å². The maximum absolute atomic E-state index is 12.2. The van der Waals surface area contributed by atoms with E-state index in [1.165, 1.54) is 0 Å². The van der Waals surface area contributed by atoms with Crippen LogP contribution in [0.5, 0.6) is 0 Å². The van der Waals surface area contributed by atoms with Crippen LogP contribution in [0.1, 0.15) is 42.2 Å². The van der Waals surface area contributed by atoms with E-state index in [0.29, 0.717) is 23.5 Å². The van der Waals surface area contributed by atoms with E-state index in [9.17, 15) is 4.79 Å². The molecule has 18 heavy (non-hydrogen) atoms. The fourth-order valence-electron chi connectivity index (χ4n) is 2.47. The summed E-state index contributed by atoms with van der Waals surface area (Å²) in [6.07, 6.45) is 6.26. The number of nitrogen functional groups attached to an aromatic ring is 1. The monoisotopic (exact) mass is 249 g/mol. The smallest absolute Gasteiger partial charge is 0.268 e. The van der Waals surface area contributed by atoms with Gasteiger partial charge in [-0.1, -0.05) is 0 Å². The summed E-state index contributed by atoms with van der Waals surface area (Å²) in [6.45, 7) is 0. The minimum atomic E-state index is -0.0156. The quantitative estimate of drug-likeness (QED) is 0.845. The Labute approximate surface area is 106 Å². The Kier molecular flexibility index (Phi) is 2.78. The van der Waals surface area contributed by atoms with E-state index in [1.807, 2.05) is 10.8 Å². The molecule has 5 heteroatoms. The topological polar surface area (TPSA) is 69.3 Å². The zero-order valence-electron chi connectivity index (χ0n) is 10.6. The summed E-state index contributed by atoms with van der Waals surface area (Å²) in [5.74, 6) is -0.0156. The van der Waals surface area contributed by atoms with Crippen molar-refractivity contribution in [2.24, 2.45) is 0 Å². The van der Waals surface area contributed by atoms with Crippen molar-refractivity contribution in [1.82, 2.24) is 9.88 Å². The Morgan fingerprint density at radius 2 is 2.22 bits per heavy atom. The summed E-state index contributed by atoms with van der Waals surface area (Å²) in [4.78, 5) is 12.2. The molecule has 0 spiro atoms. The van der Waals surface area contributed by atoms with Crippen molar-refractivity contribution in [2.45, 2.75) is 43.9 Å². The molecule has 5 nitrogen and oxygen atoms in total. The molecule has 98 valence electrons. The summed E-state index contributed by atoms with van der Waals surface area (Å²) in [5, 5.41) is 3.04. The summed E-state index contributed by atoms with van der Waals surface area (Å²) in [5.41, 5.74) is 7.14. The van der Waals surface area contributed by atoms with Crippen molar-refractivity contribution in [3.8, 4) is 0 Å². The van der Waals surface area contributed by atoms with Gasteiger partial charge in [-0.3, -0.25) is 4.79 Å². The van der Waals surface area contributed by atoms with Crippen molar-refractivity contribution in [1.29, 1.82) is 0 Å². The molecule has 0 bridgehead atoms. The highest BCUT2D eigenvalue weighted by Gasteiger charge is 2.32. The van der Waals surface area contributed by atoms with Gasteiger partial charge in [0.05, 0.1) is 11.8 Å². The molecule has 1 aromatic rings. The van der Waals surface area contributed by atoms with Crippen molar-refractivity contribution < 1.29 is 9.53 Å². The van der Waals surface area contributed by atoms with E-state index >= 15 is 0 Å². The highest BCUT2D eigenvalue weighted by molar-refractivity contribution is 5.94. The first-order valence-electron chi connectivity index (χ1n) is 6.48. The second-order valence-corrected chi connectivity index (χ2v) is 5.30. The number of nitrogens with two attached hydrogens (primary N) is 1. The average molecular weight is 249 g/mol. The fraction of sp³-hybridized carbons (Fsp3) is 0.615. The van der Waals surface area contributed by atoms with Gasteiger partial charge in [-0.2, -0.15) is 0 Å². The van der Waals surface area contributed by atoms with Gasteiger partial charge >= 0.3 is 0 Å².